The van der Waals surface area contributed by atoms with E-state index in [1.54, 1.807) is 11.0 Å². The average Bonchev–Trinajstić information content (AvgIpc) is 3.26. The second-order valence-corrected chi connectivity index (χ2v) is 10.1. The van der Waals surface area contributed by atoms with Crippen LogP contribution in [0.15, 0.2) is 53.0 Å². The number of halogens is 2. The highest BCUT2D eigenvalue weighted by atomic mass is 35.5. The number of rotatable bonds is 2. The van der Waals surface area contributed by atoms with Gasteiger partial charge in [-0.15, -0.1) is 0 Å². The molecule has 0 spiro atoms. The third-order valence-electron chi connectivity index (χ3n) is 7.33. The van der Waals surface area contributed by atoms with Crippen LogP contribution in [0.4, 0.5) is 21.5 Å². The Labute approximate surface area is 213 Å². The maximum atomic E-state index is 13.9. The molecule has 8 heteroatoms. The van der Waals surface area contributed by atoms with Crippen molar-refractivity contribution in [1.29, 1.82) is 0 Å². The molecule has 2 amide bonds. The molecule has 1 saturated heterocycles. The first kappa shape index (κ1) is 23.0. The van der Waals surface area contributed by atoms with E-state index < -0.39 is 5.82 Å². The number of carbonyl (C=O) groups excluding carboxylic acids is 2. The average molecular weight is 506 g/mol. The van der Waals surface area contributed by atoms with Crippen LogP contribution in [-0.2, 0) is 16.0 Å². The van der Waals surface area contributed by atoms with Crippen LogP contribution >= 0.6 is 11.6 Å². The molecule has 2 aromatic rings. The number of benzene rings is 2. The van der Waals surface area contributed by atoms with Crippen molar-refractivity contribution in [3.05, 3.63) is 80.6 Å². The predicted molar refractivity (Wildman–Crippen MR) is 137 cm³/mol. The fourth-order valence-electron chi connectivity index (χ4n) is 5.51. The first-order chi connectivity index (χ1) is 17.3. The molecule has 4 aliphatic rings. The SMILES string of the molecule is CC1=C=C(C2CCOCC2)N2C(=C1)C(=O)Nc1cc(C(=O)N3CCc4cc(F)c(Cl)cc43)c(C)cc12. The Bertz CT molecular complexity index is 1430. The minimum Gasteiger partial charge on any atom is -0.381 e. The highest BCUT2D eigenvalue weighted by molar-refractivity contribution is 6.31. The van der Waals surface area contributed by atoms with Gasteiger partial charge in [0.2, 0.25) is 0 Å². The van der Waals surface area contributed by atoms with Gasteiger partial charge in [0.25, 0.3) is 11.8 Å². The van der Waals surface area contributed by atoms with E-state index in [0.29, 0.717) is 48.8 Å². The Morgan fingerprint density at radius 2 is 1.94 bits per heavy atom. The molecule has 1 fully saturated rings. The number of ether oxygens (including phenoxy) is 1. The number of nitrogens with one attached hydrogen (secondary N) is 1. The number of carbonyl (C=O) groups is 2. The molecule has 4 heterocycles. The van der Waals surface area contributed by atoms with E-state index in [1.807, 2.05) is 30.9 Å². The van der Waals surface area contributed by atoms with Crippen molar-refractivity contribution in [3.63, 3.8) is 0 Å². The van der Waals surface area contributed by atoms with E-state index in [-0.39, 0.29) is 22.8 Å². The lowest BCUT2D eigenvalue weighted by molar-refractivity contribution is -0.113. The van der Waals surface area contributed by atoms with Crippen molar-refractivity contribution in [2.75, 3.05) is 34.9 Å². The van der Waals surface area contributed by atoms with Crippen LogP contribution in [0, 0.1) is 18.7 Å². The predicted octanol–water partition coefficient (Wildman–Crippen LogP) is 5.50. The van der Waals surface area contributed by atoms with Crippen LogP contribution < -0.4 is 15.1 Å². The van der Waals surface area contributed by atoms with Gasteiger partial charge in [-0.1, -0.05) is 17.3 Å². The Morgan fingerprint density at radius 1 is 1.17 bits per heavy atom. The number of hydrogen-bond donors (Lipinski definition) is 1. The Balaban J connectivity index is 1.41. The molecule has 4 aliphatic heterocycles. The highest BCUT2D eigenvalue weighted by Crippen LogP contribution is 2.44. The van der Waals surface area contributed by atoms with Crippen LogP contribution in [-0.4, -0.2) is 31.6 Å². The molecular weight excluding hydrogens is 481 g/mol. The molecule has 6 nitrogen and oxygen atoms in total. The quantitative estimate of drug-likeness (QED) is 0.547. The molecule has 1 N–H and O–H groups in total. The molecule has 184 valence electrons. The van der Waals surface area contributed by atoms with Crippen molar-refractivity contribution in [2.24, 2.45) is 5.92 Å². The smallest absolute Gasteiger partial charge is 0.272 e. The molecule has 36 heavy (non-hydrogen) atoms. The van der Waals surface area contributed by atoms with Crippen molar-refractivity contribution in [3.8, 4) is 0 Å². The number of amides is 2. The van der Waals surface area contributed by atoms with E-state index in [2.05, 4.69) is 11.0 Å². The molecule has 6 rings (SSSR count). The molecular formula is C28H25ClFN3O3. The van der Waals surface area contributed by atoms with Crippen molar-refractivity contribution >= 4 is 40.5 Å². The van der Waals surface area contributed by atoms with Gasteiger partial charge in [0.1, 0.15) is 11.5 Å². The highest BCUT2D eigenvalue weighted by Gasteiger charge is 2.37. The fourth-order valence-corrected chi connectivity index (χ4v) is 5.67. The summed E-state index contributed by atoms with van der Waals surface area (Å²) in [6.07, 6.45) is 4.13. The maximum absolute atomic E-state index is 13.9. The van der Waals surface area contributed by atoms with E-state index in [9.17, 15) is 14.0 Å². The zero-order chi connectivity index (χ0) is 25.1. The van der Waals surface area contributed by atoms with Crippen LogP contribution in [0.2, 0.25) is 5.02 Å². The second kappa shape index (κ2) is 8.63. The van der Waals surface area contributed by atoms with E-state index in [0.717, 1.165) is 40.9 Å². The van der Waals surface area contributed by atoms with Gasteiger partial charge in [-0.25, -0.2) is 4.39 Å². The number of fused-ring (bicyclic) bond motifs is 4. The molecule has 0 bridgehead atoms. The monoisotopic (exact) mass is 505 g/mol. The zero-order valence-electron chi connectivity index (χ0n) is 20.1. The van der Waals surface area contributed by atoms with Gasteiger partial charge in [0, 0.05) is 36.9 Å². The molecule has 0 atom stereocenters. The van der Waals surface area contributed by atoms with Gasteiger partial charge in [0.05, 0.1) is 22.1 Å². The summed E-state index contributed by atoms with van der Waals surface area (Å²) in [4.78, 5) is 30.4. The molecule has 2 aromatic carbocycles. The Morgan fingerprint density at radius 3 is 2.72 bits per heavy atom. The van der Waals surface area contributed by atoms with E-state index in [4.69, 9.17) is 16.3 Å². The van der Waals surface area contributed by atoms with Gasteiger partial charge in [-0.2, -0.15) is 0 Å². The summed E-state index contributed by atoms with van der Waals surface area (Å²) in [6.45, 7) is 5.64. The summed E-state index contributed by atoms with van der Waals surface area (Å²) in [5, 5.41) is 2.97. The van der Waals surface area contributed by atoms with Crippen LogP contribution in [0.3, 0.4) is 0 Å². The van der Waals surface area contributed by atoms with Crippen molar-refractivity contribution in [2.45, 2.75) is 33.1 Å². The number of nitrogens with zero attached hydrogens (tertiary/aromatic N) is 2. The van der Waals surface area contributed by atoms with Gasteiger partial charge >= 0.3 is 0 Å². The normalized spacial score (nSPS) is 19.1. The Kier molecular flexibility index (Phi) is 5.52. The topological polar surface area (TPSA) is 61.9 Å². The fraction of sp³-hybridized carbons (Fsp3) is 0.321. The lowest BCUT2D eigenvalue weighted by atomic mass is 9.91. The lowest BCUT2D eigenvalue weighted by Crippen LogP contribution is -2.40. The summed E-state index contributed by atoms with van der Waals surface area (Å²) in [7, 11) is 0. The van der Waals surface area contributed by atoms with Crippen LogP contribution in [0.1, 0.15) is 41.3 Å². The molecule has 0 radical (unpaired) electrons. The van der Waals surface area contributed by atoms with Gasteiger partial charge in [-0.3, -0.25) is 14.5 Å². The van der Waals surface area contributed by atoms with Crippen molar-refractivity contribution < 1.29 is 18.7 Å². The Hall–Kier alpha value is -3.38. The van der Waals surface area contributed by atoms with Gasteiger partial charge in [0.15, 0.2) is 0 Å². The van der Waals surface area contributed by atoms with E-state index in [1.165, 1.54) is 12.1 Å². The number of hydrogen-bond acceptors (Lipinski definition) is 4. The second-order valence-electron chi connectivity index (χ2n) is 9.69. The summed E-state index contributed by atoms with van der Waals surface area (Å²) < 4.78 is 19.5. The van der Waals surface area contributed by atoms with E-state index >= 15 is 0 Å². The first-order valence-electron chi connectivity index (χ1n) is 12.1. The summed E-state index contributed by atoms with van der Waals surface area (Å²) in [5.41, 5.74) is 9.98. The molecule has 0 aromatic heterocycles. The third kappa shape index (κ3) is 3.66. The number of aryl methyl sites for hydroxylation is 1. The van der Waals surface area contributed by atoms with Crippen LogP contribution in [0.25, 0.3) is 0 Å². The number of anilines is 3. The molecule has 0 saturated carbocycles. The molecule has 0 unspecified atom stereocenters. The third-order valence-corrected chi connectivity index (χ3v) is 7.62. The lowest BCUT2D eigenvalue weighted by Gasteiger charge is -2.39. The minimum atomic E-state index is -0.486. The molecule has 0 aliphatic carbocycles. The van der Waals surface area contributed by atoms with Gasteiger partial charge in [-0.05, 0) is 80.2 Å². The zero-order valence-corrected chi connectivity index (χ0v) is 20.8. The first-order valence-corrected chi connectivity index (χ1v) is 12.5. The maximum Gasteiger partial charge on any atom is 0.272 e. The van der Waals surface area contributed by atoms with Gasteiger partial charge < -0.3 is 15.0 Å². The minimum absolute atomic E-state index is 0.0110. The van der Waals surface area contributed by atoms with Crippen LogP contribution in [0.5, 0.6) is 0 Å². The largest absolute Gasteiger partial charge is 0.381 e. The van der Waals surface area contributed by atoms with Crippen molar-refractivity contribution in [1.82, 2.24) is 0 Å². The number of allylic oxidation sites excluding steroid dienone is 2. The standard InChI is InChI=1S/C28H25ClFN3O3/c1-15-9-24(17-4-7-36-8-5-17)33-25-11-16(2)19(13-22(25)31-27(34)26(33)10-15)28(35)32-6-3-18-12-21(30)20(29)14-23(18)32/h10-14,17H,3-8H2,1-2H3,(H,31,34). The summed E-state index contributed by atoms with van der Waals surface area (Å²) in [5.74, 6) is -0.685. The summed E-state index contributed by atoms with van der Waals surface area (Å²) in [6, 6.07) is 6.61. The summed E-state index contributed by atoms with van der Waals surface area (Å²) >= 11 is 6.01.